The highest BCUT2D eigenvalue weighted by Gasteiger charge is 2.27. The molecule has 6 heteroatoms. The average Bonchev–Trinajstić information content (AvgIpc) is 2.76. The fraction of sp³-hybridized carbons (Fsp3) is 0.522. The van der Waals surface area contributed by atoms with Crippen molar-refractivity contribution >= 4 is 23.2 Å². The first kappa shape index (κ1) is 20.9. The fourth-order valence-corrected chi connectivity index (χ4v) is 3.75. The van der Waals surface area contributed by atoms with Crippen LogP contribution in [-0.2, 0) is 9.53 Å². The number of carbonyl (C=O) groups is 1. The molecule has 1 aromatic rings. The Labute approximate surface area is 173 Å². The maximum Gasteiger partial charge on any atom is 0.351 e. The zero-order valence-electron chi connectivity index (χ0n) is 17.3. The first-order valence-electron chi connectivity index (χ1n) is 10.7. The van der Waals surface area contributed by atoms with E-state index >= 15 is 0 Å². The Kier molecular flexibility index (Phi) is 7.29. The molecule has 0 saturated heterocycles. The van der Waals surface area contributed by atoms with Crippen LogP contribution in [0.2, 0.25) is 0 Å². The molecule has 1 fully saturated rings. The highest BCUT2D eigenvalue weighted by atomic mass is 16.5. The van der Waals surface area contributed by atoms with Gasteiger partial charge < -0.3 is 15.4 Å². The van der Waals surface area contributed by atoms with Gasteiger partial charge in [0.2, 0.25) is 0 Å². The molecule has 1 heterocycles. The molecule has 0 radical (unpaired) electrons. The number of aliphatic imine (C=N–C) groups is 1. The van der Waals surface area contributed by atoms with Crippen molar-refractivity contribution in [3.05, 3.63) is 35.5 Å². The summed E-state index contributed by atoms with van der Waals surface area (Å²) in [6, 6.07) is 9.96. The van der Waals surface area contributed by atoms with E-state index in [1.165, 1.54) is 6.42 Å². The molecular formula is C23H30N4O2. The minimum atomic E-state index is -0.598. The summed E-state index contributed by atoms with van der Waals surface area (Å²) in [5, 5.41) is 16.3. The second-order valence-corrected chi connectivity index (χ2v) is 7.71. The maximum atomic E-state index is 12.7. The van der Waals surface area contributed by atoms with Gasteiger partial charge in [-0.2, -0.15) is 5.26 Å². The number of nitrogens with one attached hydrogen (secondary N) is 2. The Morgan fingerprint density at radius 2 is 1.83 bits per heavy atom. The van der Waals surface area contributed by atoms with Crippen molar-refractivity contribution < 1.29 is 9.53 Å². The lowest BCUT2D eigenvalue weighted by Gasteiger charge is -2.27. The van der Waals surface area contributed by atoms with Crippen molar-refractivity contribution in [2.45, 2.75) is 64.8 Å². The standard InChI is InChI=1S/C23H30N4O2/c1-3-16(4-2)15-29-23(28)18(14-24)21-22(25-17-10-6-5-7-11-17)27-20-13-9-8-12-19(20)26-21/h8-9,12-13,16-17,26H,3-7,10-11,15H2,1-2H3,(H,25,27)/b21-18-. The van der Waals surface area contributed by atoms with Crippen molar-refractivity contribution in [1.82, 2.24) is 0 Å². The van der Waals surface area contributed by atoms with Crippen LogP contribution in [0, 0.1) is 17.2 Å². The van der Waals surface area contributed by atoms with Crippen molar-refractivity contribution in [3.8, 4) is 6.07 Å². The summed E-state index contributed by atoms with van der Waals surface area (Å²) in [4.78, 5) is 17.6. The molecule has 154 valence electrons. The summed E-state index contributed by atoms with van der Waals surface area (Å²) >= 11 is 0. The van der Waals surface area contributed by atoms with E-state index in [4.69, 9.17) is 9.73 Å². The van der Waals surface area contributed by atoms with Gasteiger partial charge in [0.05, 0.1) is 24.0 Å². The Hall–Kier alpha value is -2.81. The first-order chi connectivity index (χ1) is 14.2. The number of nitrogens with zero attached hydrogens (tertiary/aromatic N) is 2. The molecule has 0 unspecified atom stereocenters. The van der Waals surface area contributed by atoms with Crippen LogP contribution in [0.3, 0.4) is 0 Å². The van der Waals surface area contributed by atoms with Crippen molar-refractivity contribution in [2.75, 3.05) is 17.2 Å². The van der Waals surface area contributed by atoms with E-state index in [1.807, 2.05) is 24.3 Å². The van der Waals surface area contributed by atoms with E-state index in [-0.39, 0.29) is 11.6 Å². The largest absolute Gasteiger partial charge is 0.461 e. The number of amidine groups is 1. The topological polar surface area (TPSA) is 86.5 Å². The second kappa shape index (κ2) is 10.1. The number of benzene rings is 1. The molecule has 0 bridgehead atoms. The summed E-state index contributed by atoms with van der Waals surface area (Å²) in [6.07, 6.45) is 7.49. The molecule has 6 nitrogen and oxygen atoms in total. The minimum Gasteiger partial charge on any atom is -0.461 e. The number of carbonyl (C=O) groups excluding carboxylic acids is 1. The van der Waals surface area contributed by atoms with Crippen LogP contribution in [0.4, 0.5) is 11.4 Å². The Morgan fingerprint density at radius 1 is 1.17 bits per heavy atom. The van der Waals surface area contributed by atoms with E-state index in [1.54, 1.807) is 0 Å². The van der Waals surface area contributed by atoms with Gasteiger partial charge in [-0.25, -0.2) is 4.79 Å². The van der Waals surface area contributed by atoms with Crippen LogP contribution in [-0.4, -0.2) is 24.5 Å². The van der Waals surface area contributed by atoms with Gasteiger partial charge in [0.25, 0.3) is 0 Å². The predicted octanol–water partition coefficient (Wildman–Crippen LogP) is 5.01. The van der Waals surface area contributed by atoms with Crippen LogP contribution >= 0.6 is 0 Å². The first-order valence-corrected chi connectivity index (χ1v) is 10.7. The number of fused-ring (bicyclic) bond motifs is 1. The van der Waals surface area contributed by atoms with Crippen LogP contribution in [0.15, 0.2) is 40.5 Å². The van der Waals surface area contributed by atoms with E-state index in [2.05, 4.69) is 30.6 Å². The molecule has 0 amide bonds. The van der Waals surface area contributed by atoms with Crippen molar-refractivity contribution in [2.24, 2.45) is 10.9 Å². The second-order valence-electron chi connectivity index (χ2n) is 7.71. The molecule has 1 saturated carbocycles. The van der Waals surface area contributed by atoms with E-state index in [0.29, 0.717) is 24.1 Å². The molecule has 1 aliphatic carbocycles. The highest BCUT2D eigenvalue weighted by molar-refractivity contribution is 6.18. The molecule has 1 aromatic carbocycles. The number of rotatable bonds is 6. The van der Waals surface area contributed by atoms with Crippen LogP contribution in [0.25, 0.3) is 0 Å². The molecule has 1 aliphatic heterocycles. The zero-order valence-corrected chi connectivity index (χ0v) is 17.3. The number of nitriles is 1. The number of para-hydroxylation sites is 2. The van der Waals surface area contributed by atoms with E-state index in [9.17, 15) is 10.1 Å². The van der Waals surface area contributed by atoms with E-state index < -0.39 is 5.97 Å². The lowest BCUT2D eigenvalue weighted by molar-refractivity contribution is -0.140. The third-order valence-corrected chi connectivity index (χ3v) is 5.73. The molecule has 2 N–H and O–H groups in total. The summed E-state index contributed by atoms with van der Waals surface area (Å²) in [7, 11) is 0. The van der Waals surface area contributed by atoms with Crippen LogP contribution < -0.4 is 10.6 Å². The molecule has 0 aromatic heterocycles. The molecule has 29 heavy (non-hydrogen) atoms. The maximum absolute atomic E-state index is 12.7. The SMILES string of the molecule is CCC(CC)COC(=O)/C(C#N)=C1\Nc2ccccc2NC1=NC1CCCCC1. The summed E-state index contributed by atoms with van der Waals surface area (Å²) in [5.74, 6) is 0.253. The van der Waals surface area contributed by atoms with Crippen LogP contribution in [0.5, 0.6) is 0 Å². The summed E-state index contributed by atoms with van der Waals surface area (Å²) in [6.45, 7) is 4.47. The Morgan fingerprint density at radius 3 is 2.45 bits per heavy atom. The summed E-state index contributed by atoms with van der Waals surface area (Å²) < 4.78 is 5.48. The van der Waals surface area contributed by atoms with Gasteiger partial charge in [0.15, 0.2) is 11.4 Å². The number of hydrogen-bond acceptors (Lipinski definition) is 5. The summed E-state index contributed by atoms with van der Waals surface area (Å²) in [5.41, 5.74) is 2.07. The predicted molar refractivity (Wildman–Crippen MR) is 116 cm³/mol. The van der Waals surface area contributed by atoms with Gasteiger partial charge in [-0.1, -0.05) is 58.1 Å². The lowest BCUT2D eigenvalue weighted by atomic mass is 9.96. The average molecular weight is 395 g/mol. The van der Waals surface area contributed by atoms with Crippen molar-refractivity contribution in [1.29, 1.82) is 5.26 Å². The normalized spacial score (nSPS) is 19.7. The van der Waals surface area contributed by atoms with Gasteiger partial charge >= 0.3 is 5.97 Å². The van der Waals surface area contributed by atoms with Gasteiger partial charge in [-0.3, -0.25) is 4.99 Å². The van der Waals surface area contributed by atoms with Gasteiger partial charge in [0.1, 0.15) is 11.8 Å². The number of ether oxygens (including phenoxy) is 1. The number of hydrogen-bond donors (Lipinski definition) is 2. The third-order valence-electron chi connectivity index (χ3n) is 5.73. The smallest absolute Gasteiger partial charge is 0.351 e. The Bertz CT molecular complexity index is 828. The van der Waals surface area contributed by atoms with E-state index in [0.717, 1.165) is 49.9 Å². The fourth-order valence-electron chi connectivity index (χ4n) is 3.75. The third kappa shape index (κ3) is 5.17. The molecule has 2 aliphatic rings. The van der Waals surface area contributed by atoms with Crippen LogP contribution in [0.1, 0.15) is 58.8 Å². The molecule has 3 rings (SSSR count). The number of anilines is 2. The Balaban J connectivity index is 1.92. The monoisotopic (exact) mass is 394 g/mol. The van der Waals surface area contributed by atoms with Gasteiger partial charge in [-0.05, 0) is 30.9 Å². The molecule has 0 spiro atoms. The lowest BCUT2D eigenvalue weighted by Crippen LogP contribution is -2.31. The molecule has 0 atom stereocenters. The zero-order chi connectivity index (χ0) is 20.6. The molecular weight excluding hydrogens is 364 g/mol. The van der Waals surface area contributed by atoms with Gasteiger partial charge in [-0.15, -0.1) is 0 Å². The van der Waals surface area contributed by atoms with Crippen molar-refractivity contribution in [3.63, 3.8) is 0 Å². The number of esters is 1. The van der Waals surface area contributed by atoms with Gasteiger partial charge in [0, 0.05) is 0 Å². The highest BCUT2D eigenvalue weighted by Crippen LogP contribution is 2.30. The minimum absolute atomic E-state index is 0.0347. The quantitative estimate of drug-likeness (QED) is 0.402.